The van der Waals surface area contributed by atoms with Gasteiger partial charge in [0.05, 0.1) is 6.54 Å². The number of carbonyl (C=O) groups is 1. The third-order valence-corrected chi connectivity index (χ3v) is 3.55. The molecule has 112 valence electrons. The molecular weight excluding hydrogens is 318 g/mol. The van der Waals surface area contributed by atoms with E-state index < -0.39 is 0 Å². The highest BCUT2D eigenvalue weighted by molar-refractivity contribution is 9.10. The first-order valence-corrected chi connectivity index (χ1v) is 7.61. The third-order valence-electron chi connectivity index (χ3n) is 3.02. The van der Waals surface area contributed by atoms with E-state index in [1.165, 1.54) is 0 Å². The van der Waals surface area contributed by atoms with Gasteiger partial charge in [-0.15, -0.1) is 0 Å². The number of nitrogens with zero attached hydrogens (tertiary/aromatic N) is 1. The number of anilines is 1. The second-order valence-electron chi connectivity index (χ2n) is 5.55. The molecule has 5 heteroatoms. The number of halogens is 1. The van der Waals surface area contributed by atoms with E-state index in [1.807, 2.05) is 38.4 Å². The summed E-state index contributed by atoms with van der Waals surface area (Å²) in [6.07, 6.45) is 0. The van der Waals surface area contributed by atoms with Crippen molar-refractivity contribution in [2.45, 2.75) is 19.9 Å². The van der Waals surface area contributed by atoms with Crippen LogP contribution in [0.5, 0.6) is 0 Å². The molecule has 1 rings (SSSR count). The first-order valence-electron chi connectivity index (χ1n) is 6.82. The smallest absolute Gasteiger partial charge is 0.238 e. The Morgan fingerprint density at radius 1 is 1.25 bits per heavy atom. The summed E-state index contributed by atoms with van der Waals surface area (Å²) >= 11 is 3.37. The van der Waals surface area contributed by atoms with E-state index in [1.54, 1.807) is 0 Å². The zero-order valence-electron chi connectivity index (χ0n) is 12.6. The normalized spacial score (nSPS) is 12.8. The lowest BCUT2D eigenvalue weighted by Gasteiger charge is -2.25. The minimum atomic E-state index is -0.0169. The van der Waals surface area contributed by atoms with Crippen molar-refractivity contribution in [2.75, 3.05) is 32.5 Å². The molecule has 0 aliphatic heterocycles. The maximum atomic E-state index is 11.9. The highest BCUT2D eigenvalue weighted by Crippen LogP contribution is 2.13. The van der Waals surface area contributed by atoms with Crippen LogP contribution >= 0.6 is 15.9 Å². The van der Waals surface area contributed by atoms with Crippen LogP contribution in [0.15, 0.2) is 28.7 Å². The van der Waals surface area contributed by atoms with Crippen LogP contribution in [0.25, 0.3) is 0 Å². The molecule has 1 amide bonds. The predicted octanol–water partition coefficient (Wildman–Crippen LogP) is 2.56. The van der Waals surface area contributed by atoms with Crippen molar-refractivity contribution in [1.82, 2.24) is 10.2 Å². The Kier molecular flexibility index (Phi) is 7.19. The maximum absolute atomic E-state index is 11.9. The van der Waals surface area contributed by atoms with E-state index in [4.69, 9.17) is 0 Å². The second-order valence-corrected chi connectivity index (χ2v) is 6.46. The molecular formula is C15H24BrN3O. The Labute approximate surface area is 130 Å². The van der Waals surface area contributed by atoms with Crippen LogP contribution < -0.4 is 10.6 Å². The number of rotatable bonds is 7. The molecule has 1 atom stereocenters. The summed E-state index contributed by atoms with van der Waals surface area (Å²) in [7, 11) is 4.08. The molecule has 0 saturated heterocycles. The summed E-state index contributed by atoms with van der Waals surface area (Å²) in [6.45, 7) is 5.57. The Bertz CT molecular complexity index is 418. The fourth-order valence-electron chi connectivity index (χ4n) is 1.87. The molecule has 0 spiro atoms. The maximum Gasteiger partial charge on any atom is 0.238 e. The van der Waals surface area contributed by atoms with Crippen LogP contribution in [0, 0.1) is 5.92 Å². The Balaban J connectivity index is 2.43. The highest BCUT2D eigenvalue weighted by atomic mass is 79.9. The lowest BCUT2D eigenvalue weighted by atomic mass is 10.0. The molecule has 1 unspecified atom stereocenters. The van der Waals surface area contributed by atoms with E-state index in [0.29, 0.717) is 18.5 Å². The summed E-state index contributed by atoms with van der Waals surface area (Å²) in [5.74, 6) is 0.467. The number of amides is 1. The number of nitrogens with one attached hydrogen (secondary N) is 2. The van der Waals surface area contributed by atoms with Gasteiger partial charge in [-0.3, -0.25) is 4.79 Å². The molecule has 0 bridgehead atoms. The van der Waals surface area contributed by atoms with Crippen LogP contribution in [0.3, 0.4) is 0 Å². The average Bonchev–Trinajstić information content (AvgIpc) is 2.36. The molecule has 2 N–H and O–H groups in total. The van der Waals surface area contributed by atoms with Gasteiger partial charge in [-0.05, 0) is 44.3 Å². The Morgan fingerprint density at radius 3 is 2.35 bits per heavy atom. The van der Waals surface area contributed by atoms with Gasteiger partial charge in [-0.2, -0.15) is 0 Å². The Morgan fingerprint density at radius 2 is 1.85 bits per heavy atom. The minimum Gasteiger partial charge on any atom is -0.325 e. The van der Waals surface area contributed by atoms with Gasteiger partial charge in [0.1, 0.15) is 0 Å². The quantitative estimate of drug-likeness (QED) is 0.801. The van der Waals surface area contributed by atoms with E-state index in [0.717, 1.165) is 16.7 Å². The molecule has 1 aromatic rings. The summed E-state index contributed by atoms with van der Waals surface area (Å²) in [5.41, 5.74) is 0.814. The number of carbonyl (C=O) groups excluding carboxylic acids is 1. The standard InChI is InChI=1S/C15H24BrN3O/c1-11(2)14(10-19(3)4)17-9-15(20)18-13-7-5-12(16)6-8-13/h5-8,11,14,17H,9-10H2,1-4H3,(H,18,20). The molecule has 0 heterocycles. The molecule has 20 heavy (non-hydrogen) atoms. The third kappa shape index (κ3) is 6.50. The van der Waals surface area contributed by atoms with E-state index in [9.17, 15) is 4.79 Å². The van der Waals surface area contributed by atoms with Gasteiger partial charge < -0.3 is 15.5 Å². The van der Waals surface area contributed by atoms with Crippen molar-refractivity contribution >= 4 is 27.5 Å². The number of hydrogen-bond acceptors (Lipinski definition) is 3. The largest absolute Gasteiger partial charge is 0.325 e. The molecule has 0 aliphatic rings. The molecule has 0 radical (unpaired) electrons. The van der Waals surface area contributed by atoms with Crippen molar-refractivity contribution in [3.05, 3.63) is 28.7 Å². The van der Waals surface area contributed by atoms with Crippen LogP contribution in [0.4, 0.5) is 5.69 Å². The van der Waals surface area contributed by atoms with Crippen molar-refractivity contribution < 1.29 is 4.79 Å². The summed E-state index contributed by atoms with van der Waals surface area (Å²) in [5, 5.41) is 6.20. The lowest BCUT2D eigenvalue weighted by Crippen LogP contribution is -2.45. The van der Waals surface area contributed by atoms with Crippen LogP contribution in [0.1, 0.15) is 13.8 Å². The SMILES string of the molecule is CC(C)C(CN(C)C)NCC(=O)Nc1ccc(Br)cc1. The monoisotopic (exact) mass is 341 g/mol. The molecule has 0 aromatic heterocycles. The summed E-state index contributed by atoms with van der Waals surface area (Å²) in [4.78, 5) is 14.0. The van der Waals surface area contributed by atoms with Crippen molar-refractivity contribution in [2.24, 2.45) is 5.92 Å². The number of hydrogen-bond donors (Lipinski definition) is 2. The topological polar surface area (TPSA) is 44.4 Å². The fourth-order valence-corrected chi connectivity index (χ4v) is 2.13. The van der Waals surface area contributed by atoms with Gasteiger partial charge in [0.2, 0.25) is 5.91 Å². The van der Waals surface area contributed by atoms with Crippen LogP contribution in [-0.2, 0) is 4.79 Å². The average molecular weight is 342 g/mol. The number of likely N-dealkylation sites (N-methyl/N-ethyl adjacent to an activating group) is 1. The highest BCUT2D eigenvalue weighted by Gasteiger charge is 2.15. The number of benzene rings is 1. The van der Waals surface area contributed by atoms with Gasteiger partial charge in [0.25, 0.3) is 0 Å². The van der Waals surface area contributed by atoms with Gasteiger partial charge in [0.15, 0.2) is 0 Å². The van der Waals surface area contributed by atoms with Gasteiger partial charge in [-0.1, -0.05) is 29.8 Å². The molecule has 4 nitrogen and oxygen atoms in total. The first-order chi connectivity index (χ1) is 9.38. The fraction of sp³-hybridized carbons (Fsp3) is 0.533. The van der Waals surface area contributed by atoms with Gasteiger partial charge in [0, 0.05) is 22.7 Å². The molecule has 0 aliphatic carbocycles. The summed E-state index contributed by atoms with van der Waals surface area (Å²) in [6, 6.07) is 7.88. The molecule has 0 fully saturated rings. The van der Waals surface area contributed by atoms with Crippen LogP contribution in [0.2, 0.25) is 0 Å². The van der Waals surface area contributed by atoms with Crippen molar-refractivity contribution in [1.29, 1.82) is 0 Å². The van der Waals surface area contributed by atoms with E-state index in [-0.39, 0.29) is 5.91 Å². The zero-order valence-corrected chi connectivity index (χ0v) is 14.2. The first kappa shape index (κ1) is 17.1. The minimum absolute atomic E-state index is 0.0169. The zero-order chi connectivity index (χ0) is 15.1. The second kappa shape index (κ2) is 8.39. The van der Waals surface area contributed by atoms with Crippen molar-refractivity contribution in [3.8, 4) is 0 Å². The summed E-state index contributed by atoms with van der Waals surface area (Å²) < 4.78 is 1.000. The van der Waals surface area contributed by atoms with E-state index >= 15 is 0 Å². The van der Waals surface area contributed by atoms with Gasteiger partial charge >= 0.3 is 0 Å². The molecule has 1 aromatic carbocycles. The molecule has 0 saturated carbocycles. The predicted molar refractivity (Wildman–Crippen MR) is 88.0 cm³/mol. The van der Waals surface area contributed by atoms with E-state index in [2.05, 4.69) is 45.3 Å². The van der Waals surface area contributed by atoms with Crippen LogP contribution in [-0.4, -0.2) is 44.0 Å². The Hall–Kier alpha value is -0.910. The van der Waals surface area contributed by atoms with Crippen molar-refractivity contribution in [3.63, 3.8) is 0 Å². The lowest BCUT2D eigenvalue weighted by molar-refractivity contribution is -0.115. The van der Waals surface area contributed by atoms with Gasteiger partial charge in [-0.25, -0.2) is 0 Å².